The first-order valence-corrected chi connectivity index (χ1v) is 6.44. The number of ether oxygens (including phenoxy) is 1. The number of carboxylic acid groups (broad SMARTS) is 1. The molecule has 1 aromatic carbocycles. The zero-order chi connectivity index (χ0) is 13.4. The van der Waals surface area contributed by atoms with Gasteiger partial charge in [0.05, 0.1) is 24.1 Å². The Morgan fingerprint density at radius 1 is 1.26 bits per heavy atom. The number of carboxylic acids is 1. The van der Waals surface area contributed by atoms with Crippen LogP contribution in [-0.4, -0.2) is 30.1 Å². The molecular weight excluding hydrogens is 246 g/mol. The first kappa shape index (κ1) is 12.0. The molecule has 1 amide bonds. The smallest absolute Gasteiger partial charge is 0.307 e. The molecule has 5 heteroatoms. The summed E-state index contributed by atoms with van der Waals surface area (Å²) in [5, 5.41) is 8.93. The van der Waals surface area contributed by atoms with Gasteiger partial charge in [-0.1, -0.05) is 12.1 Å². The van der Waals surface area contributed by atoms with Crippen LogP contribution < -0.4 is 9.64 Å². The number of hydrogen-bond acceptors (Lipinski definition) is 3. The Bertz CT molecular complexity index is 528. The summed E-state index contributed by atoms with van der Waals surface area (Å²) in [4.78, 5) is 25.0. The third-order valence-electron chi connectivity index (χ3n) is 3.63. The fraction of sp³-hybridized carbons (Fsp3) is 0.429. The normalized spacial score (nSPS) is 24.9. The van der Waals surface area contributed by atoms with E-state index in [1.807, 2.05) is 24.3 Å². The van der Waals surface area contributed by atoms with Crippen LogP contribution in [0.1, 0.15) is 12.8 Å². The molecule has 0 saturated heterocycles. The highest BCUT2D eigenvalue weighted by Crippen LogP contribution is 2.42. The van der Waals surface area contributed by atoms with Crippen molar-refractivity contribution in [2.75, 3.05) is 18.1 Å². The van der Waals surface area contributed by atoms with Crippen molar-refractivity contribution in [1.82, 2.24) is 0 Å². The predicted octanol–water partition coefficient (Wildman–Crippen LogP) is 1.52. The average molecular weight is 261 g/mol. The predicted molar refractivity (Wildman–Crippen MR) is 68.1 cm³/mol. The van der Waals surface area contributed by atoms with Gasteiger partial charge in [0, 0.05) is 6.54 Å². The van der Waals surface area contributed by atoms with E-state index in [4.69, 9.17) is 9.84 Å². The van der Waals surface area contributed by atoms with Gasteiger partial charge in [0.15, 0.2) is 0 Å². The van der Waals surface area contributed by atoms with Gasteiger partial charge in [-0.25, -0.2) is 0 Å². The van der Waals surface area contributed by atoms with Gasteiger partial charge in [0.1, 0.15) is 5.75 Å². The Hall–Kier alpha value is -2.04. The van der Waals surface area contributed by atoms with Crippen molar-refractivity contribution in [2.24, 2.45) is 11.8 Å². The standard InChI is InChI=1S/C14H15NO4/c16-13(9-8-10(9)14(17)18)15-6-3-7-19-12-5-2-1-4-11(12)15/h1-2,4-5,9-10H,3,6-8H2,(H,17,18)/t9-,10+/m1/s1. The van der Waals surface area contributed by atoms with E-state index >= 15 is 0 Å². The molecule has 1 aliphatic carbocycles. The van der Waals surface area contributed by atoms with Gasteiger partial charge in [0.2, 0.25) is 5.91 Å². The number of anilines is 1. The van der Waals surface area contributed by atoms with Crippen molar-refractivity contribution >= 4 is 17.6 Å². The fourth-order valence-electron chi connectivity index (χ4n) is 2.50. The van der Waals surface area contributed by atoms with Crippen molar-refractivity contribution in [1.29, 1.82) is 0 Å². The number of para-hydroxylation sites is 2. The summed E-state index contributed by atoms with van der Waals surface area (Å²) in [6.45, 7) is 1.16. The van der Waals surface area contributed by atoms with Gasteiger partial charge in [-0.2, -0.15) is 0 Å². The van der Waals surface area contributed by atoms with Crippen LogP contribution in [-0.2, 0) is 9.59 Å². The monoisotopic (exact) mass is 261 g/mol. The molecule has 1 saturated carbocycles. The molecule has 19 heavy (non-hydrogen) atoms. The molecule has 2 aliphatic rings. The van der Waals surface area contributed by atoms with Crippen LogP contribution in [0.4, 0.5) is 5.69 Å². The van der Waals surface area contributed by atoms with E-state index in [9.17, 15) is 9.59 Å². The van der Waals surface area contributed by atoms with Crippen molar-refractivity contribution in [3.8, 4) is 5.75 Å². The summed E-state index contributed by atoms with van der Waals surface area (Å²) in [5.41, 5.74) is 0.751. The Morgan fingerprint density at radius 3 is 2.79 bits per heavy atom. The lowest BCUT2D eigenvalue weighted by molar-refractivity contribution is -0.140. The number of benzene rings is 1. The SMILES string of the molecule is O=C(O)[C@H]1C[C@H]1C(=O)N1CCCOc2ccccc21. The topological polar surface area (TPSA) is 66.8 Å². The molecule has 1 fully saturated rings. The zero-order valence-electron chi connectivity index (χ0n) is 10.4. The maximum atomic E-state index is 12.4. The number of carbonyl (C=O) groups excluding carboxylic acids is 1. The second kappa shape index (κ2) is 4.57. The molecule has 0 bridgehead atoms. The molecule has 100 valence electrons. The first-order chi connectivity index (χ1) is 9.18. The highest BCUT2D eigenvalue weighted by Gasteiger charge is 2.50. The summed E-state index contributed by atoms with van der Waals surface area (Å²) < 4.78 is 5.59. The van der Waals surface area contributed by atoms with Gasteiger partial charge in [0.25, 0.3) is 0 Å². The number of rotatable bonds is 2. The molecule has 1 aromatic rings. The largest absolute Gasteiger partial charge is 0.491 e. The van der Waals surface area contributed by atoms with E-state index in [0.29, 0.717) is 25.3 Å². The zero-order valence-corrected chi connectivity index (χ0v) is 10.4. The highest BCUT2D eigenvalue weighted by molar-refractivity contribution is 6.01. The molecule has 0 spiro atoms. The van der Waals surface area contributed by atoms with Crippen LogP contribution in [0.25, 0.3) is 0 Å². The van der Waals surface area contributed by atoms with Gasteiger partial charge < -0.3 is 14.7 Å². The number of nitrogens with zero attached hydrogens (tertiary/aromatic N) is 1. The van der Waals surface area contributed by atoms with E-state index in [-0.39, 0.29) is 11.8 Å². The van der Waals surface area contributed by atoms with E-state index in [1.54, 1.807) is 4.90 Å². The lowest BCUT2D eigenvalue weighted by Gasteiger charge is -2.21. The maximum Gasteiger partial charge on any atom is 0.307 e. The Balaban J connectivity index is 1.85. The third kappa shape index (κ3) is 2.16. The highest BCUT2D eigenvalue weighted by atomic mass is 16.5. The van der Waals surface area contributed by atoms with E-state index < -0.39 is 11.9 Å². The number of amides is 1. The van der Waals surface area contributed by atoms with Crippen LogP contribution >= 0.6 is 0 Å². The summed E-state index contributed by atoms with van der Waals surface area (Å²) in [6.07, 6.45) is 1.21. The minimum atomic E-state index is -0.877. The number of aliphatic carboxylic acids is 1. The van der Waals surface area contributed by atoms with E-state index in [1.165, 1.54) is 0 Å². The second-order valence-electron chi connectivity index (χ2n) is 4.95. The van der Waals surface area contributed by atoms with E-state index in [2.05, 4.69) is 0 Å². The van der Waals surface area contributed by atoms with Gasteiger partial charge in [-0.05, 0) is 25.0 Å². The molecule has 1 N–H and O–H groups in total. The lowest BCUT2D eigenvalue weighted by Crippen LogP contribution is -2.33. The molecule has 3 rings (SSSR count). The van der Waals surface area contributed by atoms with Gasteiger partial charge in [-0.15, -0.1) is 0 Å². The van der Waals surface area contributed by atoms with Gasteiger partial charge >= 0.3 is 5.97 Å². The summed E-state index contributed by atoms with van der Waals surface area (Å²) >= 11 is 0. The number of hydrogen-bond donors (Lipinski definition) is 1. The fourth-order valence-corrected chi connectivity index (χ4v) is 2.50. The molecule has 5 nitrogen and oxygen atoms in total. The molecule has 1 heterocycles. The molecule has 0 aromatic heterocycles. The van der Waals surface area contributed by atoms with E-state index in [0.717, 1.165) is 12.1 Å². The number of fused-ring (bicyclic) bond motifs is 1. The molecule has 0 radical (unpaired) electrons. The molecule has 2 atom stereocenters. The Morgan fingerprint density at radius 2 is 2.05 bits per heavy atom. The van der Waals surface area contributed by atoms with Crippen molar-refractivity contribution in [3.05, 3.63) is 24.3 Å². The van der Waals surface area contributed by atoms with Gasteiger partial charge in [-0.3, -0.25) is 9.59 Å². The quantitative estimate of drug-likeness (QED) is 0.876. The van der Waals surface area contributed by atoms with Crippen molar-refractivity contribution in [3.63, 3.8) is 0 Å². The average Bonchev–Trinajstić information content (AvgIpc) is 3.21. The summed E-state index contributed by atoms with van der Waals surface area (Å²) in [6, 6.07) is 7.40. The van der Waals surface area contributed by atoms with Crippen LogP contribution in [0.2, 0.25) is 0 Å². The second-order valence-corrected chi connectivity index (χ2v) is 4.95. The van der Waals surface area contributed by atoms with Crippen LogP contribution in [0.5, 0.6) is 5.75 Å². The summed E-state index contributed by atoms with van der Waals surface area (Å²) in [5.74, 6) is -1.16. The summed E-state index contributed by atoms with van der Waals surface area (Å²) in [7, 11) is 0. The first-order valence-electron chi connectivity index (χ1n) is 6.44. The number of carbonyl (C=O) groups is 2. The van der Waals surface area contributed by atoms with Crippen molar-refractivity contribution < 1.29 is 19.4 Å². The maximum absolute atomic E-state index is 12.4. The van der Waals surface area contributed by atoms with Crippen LogP contribution in [0.15, 0.2) is 24.3 Å². The molecule has 0 unspecified atom stereocenters. The molecule has 1 aliphatic heterocycles. The minimum Gasteiger partial charge on any atom is -0.491 e. The van der Waals surface area contributed by atoms with Crippen LogP contribution in [0, 0.1) is 11.8 Å². The lowest BCUT2D eigenvalue weighted by atomic mass is 10.2. The van der Waals surface area contributed by atoms with Crippen LogP contribution in [0.3, 0.4) is 0 Å². The Labute approximate surface area is 110 Å². The minimum absolute atomic E-state index is 0.0923. The van der Waals surface area contributed by atoms with Crippen molar-refractivity contribution in [2.45, 2.75) is 12.8 Å². The third-order valence-corrected chi connectivity index (χ3v) is 3.63. The molecular formula is C14H15NO4. The Kier molecular flexibility index (Phi) is 2.89.